The third-order valence-electron chi connectivity index (χ3n) is 5.00. The molecule has 2 heterocycles. The second-order valence-corrected chi connectivity index (χ2v) is 7.50. The summed E-state index contributed by atoms with van der Waals surface area (Å²) >= 11 is 2.08. The number of nitrogens with zero attached hydrogens (tertiary/aromatic N) is 2. The van der Waals surface area contributed by atoms with Gasteiger partial charge >= 0.3 is 0 Å². The molecule has 2 saturated heterocycles. The first-order valence-electron chi connectivity index (χ1n) is 8.08. The van der Waals surface area contributed by atoms with Gasteiger partial charge in [0.1, 0.15) is 0 Å². The van der Waals surface area contributed by atoms with Crippen LogP contribution in [0.25, 0.3) is 0 Å². The summed E-state index contributed by atoms with van der Waals surface area (Å²) in [7, 11) is 0. The van der Waals surface area contributed by atoms with Crippen molar-refractivity contribution < 1.29 is 0 Å². The van der Waals surface area contributed by atoms with Crippen LogP contribution in [0.1, 0.15) is 18.4 Å². The Bertz CT molecular complexity index is 463. The van der Waals surface area contributed by atoms with E-state index in [1.807, 2.05) is 0 Å². The fraction of sp³-hybridized carbons (Fsp3) is 0.647. The predicted octanol–water partition coefficient (Wildman–Crippen LogP) is 2.34. The molecule has 2 fully saturated rings. The predicted molar refractivity (Wildman–Crippen MR) is 93.3 cm³/mol. The number of aryl methyl sites for hydroxylation is 1. The van der Waals surface area contributed by atoms with Gasteiger partial charge in [-0.3, -0.25) is 4.90 Å². The van der Waals surface area contributed by atoms with Crippen molar-refractivity contribution in [2.75, 3.05) is 49.1 Å². The topological polar surface area (TPSA) is 32.5 Å². The van der Waals surface area contributed by atoms with Crippen molar-refractivity contribution >= 4 is 17.4 Å². The van der Waals surface area contributed by atoms with Crippen LogP contribution in [-0.2, 0) is 0 Å². The van der Waals surface area contributed by atoms with Gasteiger partial charge in [0, 0.05) is 49.7 Å². The van der Waals surface area contributed by atoms with E-state index in [-0.39, 0.29) is 5.54 Å². The first kappa shape index (κ1) is 15.2. The number of thioether (sulfide) groups is 1. The summed E-state index contributed by atoms with van der Waals surface area (Å²) in [5, 5.41) is 0. The molecule has 1 unspecified atom stereocenters. The molecule has 3 rings (SSSR count). The zero-order valence-corrected chi connectivity index (χ0v) is 13.9. The summed E-state index contributed by atoms with van der Waals surface area (Å²) in [6.07, 6.45) is 2.60. The number of nitrogens with two attached hydrogens (primary N) is 1. The van der Waals surface area contributed by atoms with Crippen LogP contribution in [0.2, 0.25) is 0 Å². The molecule has 2 aliphatic rings. The van der Waals surface area contributed by atoms with E-state index in [4.69, 9.17) is 5.73 Å². The lowest BCUT2D eigenvalue weighted by Gasteiger charge is -2.49. The molecule has 2 aliphatic heterocycles. The van der Waals surface area contributed by atoms with Crippen LogP contribution in [0.4, 0.5) is 5.69 Å². The minimum atomic E-state index is 0.265. The standard InChI is InChI=1S/C17H27N3S/c1-15-4-2-5-16(12-15)19-7-9-20(10-8-19)17(13-18)6-3-11-21-14-17/h2,4-5,12H,3,6-11,13-14,18H2,1H3. The Morgan fingerprint density at radius 3 is 2.67 bits per heavy atom. The fourth-order valence-electron chi connectivity index (χ4n) is 3.64. The van der Waals surface area contributed by atoms with E-state index in [1.54, 1.807) is 0 Å². The molecule has 0 radical (unpaired) electrons. The van der Waals surface area contributed by atoms with Crippen LogP contribution in [-0.4, -0.2) is 54.7 Å². The monoisotopic (exact) mass is 305 g/mol. The van der Waals surface area contributed by atoms with Gasteiger partial charge in [0.15, 0.2) is 0 Å². The maximum absolute atomic E-state index is 6.17. The van der Waals surface area contributed by atoms with E-state index >= 15 is 0 Å². The van der Waals surface area contributed by atoms with Crippen molar-refractivity contribution in [1.29, 1.82) is 0 Å². The van der Waals surface area contributed by atoms with E-state index in [9.17, 15) is 0 Å². The van der Waals surface area contributed by atoms with Crippen LogP contribution in [0.15, 0.2) is 24.3 Å². The van der Waals surface area contributed by atoms with Crippen molar-refractivity contribution in [1.82, 2.24) is 4.90 Å². The van der Waals surface area contributed by atoms with Crippen LogP contribution in [0, 0.1) is 6.92 Å². The van der Waals surface area contributed by atoms with Crippen molar-refractivity contribution in [3.8, 4) is 0 Å². The molecule has 4 heteroatoms. The molecular formula is C17H27N3S. The molecule has 0 bridgehead atoms. The van der Waals surface area contributed by atoms with Crippen LogP contribution >= 0.6 is 11.8 Å². The molecule has 2 N–H and O–H groups in total. The van der Waals surface area contributed by atoms with Gasteiger partial charge in [-0.2, -0.15) is 11.8 Å². The first-order chi connectivity index (χ1) is 10.2. The highest BCUT2D eigenvalue weighted by Gasteiger charge is 2.38. The van der Waals surface area contributed by atoms with Crippen molar-refractivity contribution in [3.05, 3.63) is 29.8 Å². The molecule has 1 aromatic carbocycles. The highest BCUT2D eigenvalue weighted by Crippen LogP contribution is 2.32. The highest BCUT2D eigenvalue weighted by atomic mass is 32.2. The van der Waals surface area contributed by atoms with Gasteiger partial charge in [0.25, 0.3) is 0 Å². The van der Waals surface area contributed by atoms with Crippen LogP contribution in [0.5, 0.6) is 0 Å². The maximum Gasteiger partial charge on any atom is 0.0423 e. The Morgan fingerprint density at radius 2 is 2.05 bits per heavy atom. The zero-order chi connectivity index (χ0) is 14.7. The normalized spacial score (nSPS) is 27.8. The van der Waals surface area contributed by atoms with E-state index in [0.29, 0.717) is 0 Å². The van der Waals surface area contributed by atoms with E-state index in [1.165, 1.54) is 35.6 Å². The molecule has 1 aromatic rings. The third kappa shape index (κ3) is 3.22. The second kappa shape index (κ2) is 6.59. The number of anilines is 1. The quantitative estimate of drug-likeness (QED) is 0.929. The Morgan fingerprint density at radius 1 is 1.24 bits per heavy atom. The molecule has 0 aromatic heterocycles. The number of benzene rings is 1. The summed E-state index contributed by atoms with van der Waals surface area (Å²) in [5.41, 5.74) is 9.15. The summed E-state index contributed by atoms with van der Waals surface area (Å²) in [6.45, 7) is 7.51. The molecule has 0 aliphatic carbocycles. The Labute approximate surface area is 132 Å². The smallest absolute Gasteiger partial charge is 0.0423 e. The number of piperazine rings is 1. The molecular weight excluding hydrogens is 278 g/mol. The Balaban J connectivity index is 1.64. The molecule has 0 amide bonds. The lowest BCUT2D eigenvalue weighted by Crippen LogP contribution is -2.62. The largest absolute Gasteiger partial charge is 0.369 e. The maximum atomic E-state index is 6.17. The molecule has 21 heavy (non-hydrogen) atoms. The van der Waals surface area contributed by atoms with Crippen LogP contribution in [0.3, 0.4) is 0 Å². The Kier molecular flexibility index (Phi) is 4.77. The number of hydrogen-bond acceptors (Lipinski definition) is 4. The number of hydrogen-bond donors (Lipinski definition) is 1. The molecule has 3 nitrogen and oxygen atoms in total. The van der Waals surface area contributed by atoms with E-state index in [0.717, 1.165) is 32.7 Å². The van der Waals surface area contributed by atoms with Gasteiger partial charge in [0.05, 0.1) is 0 Å². The van der Waals surface area contributed by atoms with Gasteiger partial charge < -0.3 is 10.6 Å². The average molecular weight is 305 g/mol. The summed E-state index contributed by atoms with van der Waals surface area (Å²) < 4.78 is 0. The first-order valence-corrected chi connectivity index (χ1v) is 9.23. The lowest BCUT2D eigenvalue weighted by atomic mass is 9.92. The summed E-state index contributed by atoms with van der Waals surface area (Å²) in [4.78, 5) is 5.19. The minimum absolute atomic E-state index is 0.265. The highest BCUT2D eigenvalue weighted by molar-refractivity contribution is 7.99. The van der Waals surface area contributed by atoms with Gasteiger partial charge in [-0.25, -0.2) is 0 Å². The van der Waals surface area contributed by atoms with Gasteiger partial charge in [0.2, 0.25) is 0 Å². The molecule has 0 saturated carbocycles. The molecule has 1 atom stereocenters. The van der Waals surface area contributed by atoms with Gasteiger partial charge in [-0.05, 0) is 43.2 Å². The van der Waals surface area contributed by atoms with Crippen molar-refractivity contribution in [3.63, 3.8) is 0 Å². The zero-order valence-electron chi connectivity index (χ0n) is 13.1. The van der Waals surface area contributed by atoms with E-state index in [2.05, 4.69) is 52.8 Å². The SMILES string of the molecule is Cc1cccc(N2CCN(C3(CN)CCCSC3)CC2)c1. The van der Waals surface area contributed by atoms with Gasteiger partial charge in [-0.15, -0.1) is 0 Å². The lowest BCUT2D eigenvalue weighted by molar-refractivity contribution is 0.0954. The average Bonchev–Trinajstić information content (AvgIpc) is 2.56. The van der Waals surface area contributed by atoms with Crippen LogP contribution < -0.4 is 10.6 Å². The third-order valence-corrected chi connectivity index (χ3v) is 6.32. The minimum Gasteiger partial charge on any atom is -0.369 e. The number of rotatable bonds is 3. The summed E-state index contributed by atoms with van der Waals surface area (Å²) in [5.74, 6) is 2.53. The van der Waals surface area contributed by atoms with Crippen molar-refractivity contribution in [2.24, 2.45) is 5.73 Å². The van der Waals surface area contributed by atoms with E-state index < -0.39 is 0 Å². The van der Waals surface area contributed by atoms with Gasteiger partial charge in [-0.1, -0.05) is 12.1 Å². The second-order valence-electron chi connectivity index (χ2n) is 6.40. The van der Waals surface area contributed by atoms with Crippen molar-refractivity contribution in [2.45, 2.75) is 25.3 Å². The molecule has 0 spiro atoms. The summed E-state index contributed by atoms with van der Waals surface area (Å²) in [6, 6.07) is 8.86. The Hall–Kier alpha value is -0.710. The molecule has 116 valence electrons. The fourth-order valence-corrected chi connectivity index (χ4v) is 4.96.